The van der Waals surface area contributed by atoms with Crippen molar-refractivity contribution in [2.75, 3.05) is 23.4 Å². The highest BCUT2D eigenvalue weighted by atomic mass is 15.1. The predicted molar refractivity (Wildman–Crippen MR) is 68.6 cm³/mol. The van der Waals surface area contributed by atoms with E-state index < -0.39 is 0 Å². The van der Waals surface area contributed by atoms with Gasteiger partial charge in [-0.2, -0.15) is 9.97 Å². The lowest BCUT2D eigenvalue weighted by atomic mass is 10.1. The van der Waals surface area contributed by atoms with Crippen LogP contribution in [0.4, 0.5) is 17.6 Å². The summed E-state index contributed by atoms with van der Waals surface area (Å²) in [6.45, 7) is 4.34. The molecular weight excluding hydrogens is 202 g/mol. The number of nitrogen functional groups attached to an aromatic ring is 1. The van der Waals surface area contributed by atoms with Crippen molar-refractivity contribution in [2.24, 2.45) is 0 Å². The van der Waals surface area contributed by atoms with E-state index in [1.54, 1.807) is 0 Å². The van der Waals surface area contributed by atoms with Crippen LogP contribution in [-0.2, 0) is 0 Å². The molecule has 0 aliphatic carbocycles. The second-order valence-electron chi connectivity index (χ2n) is 3.78. The summed E-state index contributed by atoms with van der Waals surface area (Å²) in [5, 5.41) is 6.33. The first-order valence-corrected chi connectivity index (χ1v) is 5.78. The fourth-order valence-corrected chi connectivity index (χ4v) is 1.60. The van der Waals surface area contributed by atoms with Crippen LogP contribution in [0.2, 0.25) is 0 Å². The summed E-state index contributed by atoms with van der Waals surface area (Å²) in [4.78, 5) is 8.21. The Morgan fingerprint density at radius 3 is 2.56 bits per heavy atom. The molecule has 0 aliphatic heterocycles. The lowest BCUT2D eigenvalue weighted by Gasteiger charge is -2.17. The van der Waals surface area contributed by atoms with Gasteiger partial charge in [-0.3, -0.25) is 0 Å². The number of nitrogens with two attached hydrogens (primary N) is 1. The van der Waals surface area contributed by atoms with E-state index in [-0.39, 0.29) is 0 Å². The summed E-state index contributed by atoms with van der Waals surface area (Å²) >= 11 is 0. The average molecular weight is 223 g/mol. The average Bonchev–Trinajstić information content (AvgIpc) is 2.27. The van der Waals surface area contributed by atoms with Gasteiger partial charge >= 0.3 is 0 Å². The highest BCUT2D eigenvalue weighted by molar-refractivity contribution is 5.51. The van der Waals surface area contributed by atoms with E-state index in [1.807, 2.05) is 13.1 Å². The summed E-state index contributed by atoms with van der Waals surface area (Å²) in [5.41, 5.74) is 5.62. The van der Waals surface area contributed by atoms with E-state index in [4.69, 9.17) is 5.73 Å². The van der Waals surface area contributed by atoms with Crippen LogP contribution >= 0.6 is 0 Å². The van der Waals surface area contributed by atoms with Gasteiger partial charge in [0, 0.05) is 19.2 Å². The van der Waals surface area contributed by atoms with Gasteiger partial charge in [0.15, 0.2) is 0 Å². The van der Waals surface area contributed by atoms with Crippen LogP contribution in [0.5, 0.6) is 0 Å². The van der Waals surface area contributed by atoms with Gasteiger partial charge < -0.3 is 16.4 Å². The van der Waals surface area contributed by atoms with E-state index >= 15 is 0 Å². The number of nitrogens with one attached hydrogen (secondary N) is 2. The maximum Gasteiger partial charge on any atom is 0.223 e. The van der Waals surface area contributed by atoms with Crippen LogP contribution < -0.4 is 16.4 Å². The highest BCUT2D eigenvalue weighted by Crippen LogP contribution is 2.15. The fraction of sp³-hybridized carbons (Fsp3) is 0.636. The predicted octanol–water partition coefficient (Wildman–Crippen LogP) is 2.09. The van der Waals surface area contributed by atoms with Gasteiger partial charge in [0.2, 0.25) is 5.95 Å². The molecule has 5 heteroatoms. The van der Waals surface area contributed by atoms with Gasteiger partial charge in [-0.1, -0.05) is 20.3 Å². The van der Waals surface area contributed by atoms with Gasteiger partial charge in [0.1, 0.15) is 11.6 Å². The van der Waals surface area contributed by atoms with Crippen molar-refractivity contribution in [2.45, 2.75) is 39.2 Å². The van der Waals surface area contributed by atoms with Crippen LogP contribution in [0, 0.1) is 0 Å². The number of nitrogens with zero attached hydrogens (tertiary/aromatic N) is 2. The fourth-order valence-electron chi connectivity index (χ4n) is 1.60. The van der Waals surface area contributed by atoms with E-state index in [2.05, 4.69) is 34.4 Å². The molecule has 5 nitrogen and oxygen atoms in total. The molecule has 0 amide bonds. The standard InChI is InChI=1S/C11H21N5/c1-4-6-8(5-2)14-10-7-9(13-3)15-11(12)16-10/h7-8H,4-6H2,1-3H3,(H4,12,13,14,15,16). The number of hydrogen-bond donors (Lipinski definition) is 3. The molecule has 16 heavy (non-hydrogen) atoms. The molecule has 0 saturated carbocycles. The van der Waals surface area contributed by atoms with Gasteiger partial charge in [0.25, 0.3) is 0 Å². The Morgan fingerprint density at radius 2 is 2.00 bits per heavy atom. The zero-order chi connectivity index (χ0) is 12.0. The van der Waals surface area contributed by atoms with Crippen LogP contribution in [-0.4, -0.2) is 23.1 Å². The van der Waals surface area contributed by atoms with Gasteiger partial charge in [-0.05, 0) is 12.8 Å². The summed E-state index contributed by atoms with van der Waals surface area (Å²) in [7, 11) is 1.81. The van der Waals surface area contributed by atoms with Crippen molar-refractivity contribution in [1.82, 2.24) is 9.97 Å². The number of anilines is 3. The van der Waals surface area contributed by atoms with E-state index in [9.17, 15) is 0 Å². The molecule has 1 aromatic heterocycles. The summed E-state index contributed by atoms with van der Waals surface area (Å²) < 4.78 is 0. The minimum atomic E-state index is 0.292. The van der Waals surface area contributed by atoms with Crippen LogP contribution in [0.25, 0.3) is 0 Å². The van der Waals surface area contributed by atoms with Crippen molar-refractivity contribution in [3.8, 4) is 0 Å². The van der Waals surface area contributed by atoms with E-state index in [1.165, 1.54) is 0 Å². The third-order valence-corrected chi connectivity index (χ3v) is 2.48. The Bertz CT molecular complexity index is 326. The van der Waals surface area contributed by atoms with Gasteiger partial charge in [-0.15, -0.1) is 0 Å². The largest absolute Gasteiger partial charge is 0.373 e. The third kappa shape index (κ3) is 3.56. The quantitative estimate of drug-likeness (QED) is 0.688. The molecule has 0 aliphatic rings. The Hall–Kier alpha value is -1.52. The van der Waals surface area contributed by atoms with Crippen LogP contribution in [0.15, 0.2) is 6.07 Å². The van der Waals surface area contributed by atoms with Gasteiger partial charge in [0.05, 0.1) is 0 Å². The van der Waals surface area contributed by atoms with Crippen molar-refractivity contribution in [1.29, 1.82) is 0 Å². The SMILES string of the molecule is CCCC(CC)Nc1cc(NC)nc(N)n1. The smallest absolute Gasteiger partial charge is 0.223 e. The summed E-state index contributed by atoms with van der Waals surface area (Å²) in [6, 6.07) is 2.32. The lowest BCUT2D eigenvalue weighted by Crippen LogP contribution is -2.19. The highest BCUT2D eigenvalue weighted by Gasteiger charge is 2.07. The Balaban J connectivity index is 2.74. The molecule has 1 atom stereocenters. The second-order valence-corrected chi connectivity index (χ2v) is 3.78. The number of hydrogen-bond acceptors (Lipinski definition) is 5. The molecule has 0 fully saturated rings. The van der Waals surface area contributed by atoms with E-state index in [0.29, 0.717) is 12.0 Å². The molecule has 1 rings (SSSR count). The topological polar surface area (TPSA) is 75.9 Å². The zero-order valence-electron chi connectivity index (χ0n) is 10.2. The zero-order valence-corrected chi connectivity index (χ0v) is 10.2. The van der Waals surface area contributed by atoms with Crippen molar-refractivity contribution in [3.63, 3.8) is 0 Å². The number of aromatic nitrogens is 2. The molecule has 0 saturated heterocycles. The molecule has 1 unspecified atom stereocenters. The van der Waals surface area contributed by atoms with E-state index in [0.717, 1.165) is 30.9 Å². The summed E-state index contributed by atoms with van der Waals surface area (Å²) in [6.07, 6.45) is 3.37. The van der Waals surface area contributed by atoms with Crippen molar-refractivity contribution in [3.05, 3.63) is 6.07 Å². The molecular formula is C11H21N5. The Kier molecular flexibility index (Phi) is 4.82. The molecule has 0 aromatic carbocycles. The molecule has 4 N–H and O–H groups in total. The molecule has 90 valence electrons. The Morgan fingerprint density at radius 1 is 1.31 bits per heavy atom. The maximum absolute atomic E-state index is 5.62. The molecule has 1 heterocycles. The minimum absolute atomic E-state index is 0.292. The van der Waals surface area contributed by atoms with Crippen LogP contribution in [0.1, 0.15) is 33.1 Å². The first-order chi connectivity index (χ1) is 7.69. The van der Waals surface area contributed by atoms with Crippen molar-refractivity contribution < 1.29 is 0 Å². The monoisotopic (exact) mass is 223 g/mol. The Labute approximate surface area is 96.9 Å². The maximum atomic E-state index is 5.62. The number of rotatable bonds is 6. The molecule has 0 bridgehead atoms. The lowest BCUT2D eigenvalue weighted by molar-refractivity contribution is 0.620. The summed E-state index contributed by atoms with van der Waals surface area (Å²) in [5.74, 6) is 1.82. The first kappa shape index (κ1) is 12.5. The molecule has 0 radical (unpaired) electrons. The second kappa shape index (κ2) is 6.15. The first-order valence-electron chi connectivity index (χ1n) is 5.78. The third-order valence-electron chi connectivity index (χ3n) is 2.48. The molecule has 1 aromatic rings. The van der Waals surface area contributed by atoms with Gasteiger partial charge in [-0.25, -0.2) is 0 Å². The normalized spacial score (nSPS) is 12.2. The van der Waals surface area contributed by atoms with Crippen molar-refractivity contribution >= 4 is 17.6 Å². The molecule has 0 spiro atoms. The minimum Gasteiger partial charge on any atom is -0.373 e. The van der Waals surface area contributed by atoms with Crippen LogP contribution in [0.3, 0.4) is 0 Å².